The van der Waals surface area contributed by atoms with Crippen molar-refractivity contribution >= 4 is 11.6 Å². The van der Waals surface area contributed by atoms with Crippen LogP contribution >= 0.6 is 11.6 Å². The highest BCUT2D eigenvalue weighted by Crippen LogP contribution is 2.09. The lowest BCUT2D eigenvalue weighted by atomic mass is 10.2. The van der Waals surface area contributed by atoms with Gasteiger partial charge in [-0.1, -0.05) is 0 Å². The maximum atomic E-state index is 5.75. The molecule has 0 N–H and O–H groups in total. The van der Waals surface area contributed by atoms with Crippen molar-refractivity contribution in [2.45, 2.75) is 26.0 Å². The molecule has 3 nitrogen and oxygen atoms in total. The topological polar surface area (TPSA) is 15.7 Å². The molecule has 90 valence electrons. The molecule has 0 amide bonds. The molecule has 1 aliphatic heterocycles. The zero-order chi connectivity index (χ0) is 11.3. The van der Waals surface area contributed by atoms with Crippen LogP contribution in [0.25, 0.3) is 0 Å². The second-order valence-corrected chi connectivity index (χ2v) is 4.91. The Morgan fingerprint density at radius 3 is 2.87 bits per heavy atom. The molecule has 1 fully saturated rings. The highest BCUT2D eigenvalue weighted by molar-refractivity contribution is 6.18. The first-order chi connectivity index (χ1) is 7.13. The Balaban J connectivity index is 2.29. The molecule has 0 aromatic rings. The average Bonchev–Trinajstić information content (AvgIpc) is 2.18. The third-order valence-electron chi connectivity index (χ3n) is 2.88. The monoisotopic (exact) mass is 234 g/mol. The Hall–Kier alpha value is 0.170. The van der Waals surface area contributed by atoms with E-state index in [1.54, 1.807) is 0 Å². The molecule has 15 heavy (non-hydrogen) atoms. The number of alkyl halides is 1. The number of rotatable bonds is 5. The van der Waals surface area contributed by atoms with E-state index in [0.29, 0.717) is 18.0 Å². The molecule has 1 atom stereocenters. The van der Waals surface area contributed by atoms with Crippen LogP contribution in [0.3, 0.4) is 0 Å². The van der Waals surface area contributed by atoms with Crippen molar-refractivity contribution in [3.8, 4) is 0 Å². The second kappa shape index (κ2) is 6.69. The minimum Gasteiger partial charge on any atom is -0.374 e. The first kappa shape index (κ1) is 13.2. The lowest BCUT2D eigenvalue weighted by Crippen LogP contribution is -2.49. The summed E-state index contributed by atoms with van der Waals surface area (Å²) in [6.45, 7) is 9.37. The van der Waals surface area contributed by atoms with Gasteiger partial charge in [0, 0.05) is 38.1 Å². The van der Waals surface area contributed by atoms with Crippen molar-refractivity contribution in [3.63, 3.8) is 0 Å². The molecule has 1 unspecified atom stereocenters. The third kappa shape index (κ3) is 4.68. The lowest BCUT2D eigenvalue weighted by molar-refractivity contribution is -0.0489. The molecule has 0 bridgehead atoms. The van der Waals surface area contributed by atoms with Crippen molar-refractivity contribution in [3.05, 3.63) is 0 Å². The Labute approximate surface area is 98.3 Å². The summed E-state index contributed by atoms with van der Waals surface area (Å²) in [4.78, 5) is 4.71. The number of halogens is 1. The van der Waals surface area contributed by atoms with Gasteiger partial charge in [-0.25, -0.2) is 0 Å². The standard InChI is InChI=1S/C11H23ClN2O/c1-10(2)14-6-7-15-11(9-14)8-13(3)5-4-12/h10-11H,4-9H2,1-3H3. The largest absolute Gasteiger partial charge is 0.374 e. The Kier molecular flexibility index (Phi) is 5.90. The summed E-state index contributed by atoms with van der Waals surface area (Å²) >= 11 is 5.70. The zero-order valence-corrected chi connectivity index (χ0v) is 10.8. The summed E-state index contributed by atoms with van der Waals surface area (Å²) in [5, 5.41) is 0. The van der Waals surface area contributed by atoms with E-state index in [4.69, 9.17) is 16.3 Å². The molecule has 1 saturated heterocycles. The van der Waals surface area contributed by atoms with Crippen molar-refractivity contribution in [2.24, 2.45) is 0 Å². The van der Waals surface area contributed by atoms with Gasteiger partial charge in [-0.15, -0.1) is 11.6 Å². The summed E-state index contributed by atoms with van der Waals surface area (Å²) in [6, 6.07) is 0.620. The summed E-state index contributed by atoms with van der Waals surface area (Å²) in [5.41, 5.74) is 0. The highest BCUT2D eigenvalue weighted by atomic mass is 35.5. The second-order valence-electron chi connectivity index (χ2n) is 4.53. The number of ether oxygens (including phenoxy) is 1. The maximum Gasteiger partial charge on any atom is 0.0829 e. The molecule has 4 heteroatoms. The van der Waals surface area contributed by atoms with E-state index in [-0.39, 0.29) is 0 Å². The predicted molar refractivity (Wildman–Crippen MR) is 64.7 cm³/mol. The van der Waals surface area contributed by atoms with Gasteiger partial charge in [0.25, 0.3) is 0 Å². The molecule has 0 spiro atoms. The summed E-state index contributed by atoms with van der Waals surface area (Å²) in [6.07, 6.45) is 0.342. The molecular weight excluding hydrogens is 212 g/mol. The number of hydrogen-bond acceptors (Lipinski definition) is 3. The first-order valence-corrected chi connectivity index (χ1v) is 6.27. The van der Waals surface area contributed by atoms with E-state index >= 15 is 0 Å². The van der Waals surface area contributed by atoms with Gasteiger partial charge in [-0.3, -0.25) is 4.90 Å². The molecule has 0 aliphatic carbocycles. The molecular formula is C11H23ClN2O. The zero-order valence-electron chi connectivity index (χ0n) is 10.1. The van der Waals surface area contributed by atoms with Gasteiger partial charge >= 0.3 is 0 Å². The van der Waals surface area contributed by atoms with Crippen LogP contribution in [0.1, 0.15) is 13.8 Å². The van der Waals surface area contributed by atoms with Gasteiger partial charge in [0.15, 0.2) is 0 Å². The number of hydrogen-bond donors (Lipinski definition) is 0. The van der Waals surface area contributed by atoms with Gasteiger partial charge < -0.3 is 9.64 Å². The van der Waals surface area contributed by atoms with Crippen LogP contribution < -0.4 is 0 Å². The number of nitrogens with zero attached hydrogens (tertiary/aromatic N) is 2. The predicted octanol–water partition coefficient (Wildman–Crippen LogP) is 1.27. The highest BCUT2D eigenvalue weighted by Gasteiger charge is 2.22. The molecule has 1 rings (SSSR count). The number of morpholine rings is 1. The lowest BCUT2D eigenvalue weighted by Gasteiger charge is -2.36. The summed E-state index contributed by atoms with van der Waals surface area (Å²) in [5.74, 6) is 0.692. The SMILES string of the molecule is CC(C)N1CCOC(CN(C)CCCl)C1. The summed E-state index contributed by atoms with van der Waals surface area (Å²) in [7, 11) is 2.10. The van der Waals surface area contributed by atoms with Gasteiger partial charge in [0.05, 0.1) is 12.7 Å². The molecule has 1 aliphatic rings. The van der Waals surface area contributed by atoms with Crippen LogP contribution in [0.5, 0.6) is 0 Å². The van der Waals surface area contributed by atoms with Crippen LogP contribution in [0.2, 0.25) is 0 Å². The van der Waals surface area contributed by atoms with Gasteiger partial charge in [0.1, 0.15) is 0 Å². The molecule has 1 heterocycles. The van der Waals surface area contributed by atoms with Gasteiger partial charge in [-0.05, 0) is 20.9 Å². The summed E-state index contributed by atoms with van der Waals surface area (Å²) < 4.78 is 5.75. The average molecular weight is 235 g/mol. The fourth-order valence-corrected chi connectivity index (χ4v) is 2.19. The van der Waals surface area contributed by atoms with E-state index in [1.165, 1.54) is 0 Å². The van der Waals surface area contributed by atoms with Crippen molar-refractivity contribution in [1.82, 2.24) is 9.80 Å². The van der Waals surface area contributed by atoms with Crippen LogP contribution in [0.4, 0.5) is 0 Å². The molecule has 0 aromatic heterocycles. The van der Waals surface area contributed by atoms with Crippen molar-refractivity contribution in [1.29, 1.82) is 0 Å². The fraction of sp³-hybridized carbons (Fsp3) is 1.00. The molecule has 0 aromatic carbocycles. The van der Waals surface area contributed by atoms with E-state index in [2.05, 4.69) is 30.7 Å². The van der Waals surface area contributed by atoms with Crippen molar-refractivity contribution in [2.75, 3.05) is 45.7 Å². The smallest absolute Gasteiger partial charge is 0.0829 e. The van der Waals surface area contributed by atoms with Crippen molar-refractivity contribution < 1.29 is 4.74 Å². The minimum atomic E-state index is 0.342. The van der Waals surface area contributed by atoms with E-state index in [0.717, 1.165) is 32.8 Å². The molecule has 0 radical (unpaired) electrons. The maximum absolute atomic E-state index is 5.75. The van der Waals surface area contributed by atoms with Crippen LogP contribution in [-0.4, -0.2) is 67.7 Å². The minimum absolute atomic E-state index is 0.342. The quantitative estimate of drug-likeness (QED) is 0.667. The van der Waals surface area contributed by atoms with Crippen LogP contribution in [0.15, 0.2) is 0 Å². The first-order valence-electron chi connectivity index (χ1n) is 5.73. The van der Waals surface area contributed by atoms with E-state index in [9.17, 15) is 0 Å². The Morgan fingerprint density at radius 1 is 1.53 bits per heavy atom. The third-order valence-corrected chi connectivity index (χ3v) is 3.05. The van der Waals surface area contributed by atoms with Crippen LogP contribution in [0, 0.1) is 0 Å². The van der Waals surface area contributed by atoms with Gasteiger partial charge in [0.2, 0.25) is 0 Å². The van der Waals surface area contributed by atoms with E-state index in [1.807, 2.05) is 0 Å². The normalized spacial score (nSPS) is 24.0. The Morgan fingerprint density at radius 2 is 2.27 bits per heavy atom. The van der Waals surface area contributed by atoms with E-state index < -0.39 is 0 Å². The Bertz CT molecular complexity index is 178. The van der Waals surface area contributed by atoms with Gasteiger partial charge in [-0.2, -0.15) is 0 Å². The number of likely N-dealkylation sites (N-methyl/N-ethyl adjacent to an activating group) is 1. The van der Waals surface area contributed by atoms with Crippen LogP contribution in [-0.2, 0) is 4.74 Å². The molecule has 0 saturated carbocycles. The fourth-order valence-electron chi connectivity index (χ4n) is 1.90.